The van der Waals surface area contributed by atoms with Gasteiger partial charge >= 0.3 is 11.8 Å². The van der Waals surface area contributed by atoms with Crippen LogP contribution in [0.2, 0.25) is 5.02 Å². The van der Waals surface area contributed by atoms with Gasteiger partial charge in [0.1, 0.15) is 5.82 Å². The average Bonchev–Trinajstić information content (AvgIpc) is 2.93. The van der Waals surface area contributed by atoms with Gasteiger partial charge in [-0.25, -0.2) is 4.39 Å². The van der Waals surface area contributed by atoms with Crippen LogP contribution < -0.4 is 10.6 Å². The fraction of sp³-hybridized carbons (Fsp3) is 0.385. The maximum atomic E-state index is 13.0. The second-order valence-corrected chi connectivity index (χ2v) is 4.84. The molecular weight excluding hydrogens is 287 g/mol. The van der Waals surface area contributed by atoms with Crippen LogP contribution in [0.3, 0.4) is 0 Å². The molecule has 0 bridgehead atoms. The Morgan fingerprint density at radius 2 is 2.20 bits per heavy atom. The monoisotopic (exact) mass is 300 g/mol. The highest BCUT2D eigenvalue weighted by Crippen LogP contribution is 2.19. The van der Waals surface area contributed by atoms with Gasteiger partial charge in [0.2, 0.25) is 0 Å². The van der Waals surface area contributed by atoms with E-state index in [-0.39, 0.29) is 16.8 Å². The van der Waals surface area contributed by atoms with E-state index in [9.17, 15) is 14.0 Å². The van der Waals surface area contributed by atoms with Crippen LogP contribution in [0.1, 0.15) is 12.8 Å². The SMILES string of the molecule is O=C(NC[C@H]1CCCO1)C(=O)Nc1ccc(F)c(Cl)c1. The van der Waals surface area contributed by atoms with Crippen LogP contribution in [-0.2, 0) is 14.3 Å². The minimum atomic E-state index is -0.828. The van der Waals surface area contributed by atoms with E-state index in [0.29, 0.717) is 13.2 Å². The van der Waals surface area contributed by atoms with Crippen LogP contribution in [0, 0.1) is 5.82 Å². The van der Waals surface area contributed by atoms with E-state index in [1.54, 1.807) is 0 Å². The Bertz CT molecular complexity index is 518. The Balaban J connectivity index is 1.83. The fourth-order valence-corrected chi connectivity index (χ4v) is 2.03. The zero-order valence-corrected chi connectivity index (χ0v) is 11.4. The first kappa shape index (κ1) is 14.7. The first-order valence-corrected chi connectivity index (χ1v) is 6.60. The highest BCUT2D eigenvalue weighted by atomic mass is 35.5. The van der Waals surface area contributed by atoms with Gasteiger partial charge in [0, 0.05) is 18.8 Å². The second kappa shape index (κ2) is 6.67. The van der Waals surface area contributed by atoms with Crippen molar-refractivity contribution in [3.63, 3.8) is 0 Å². The number of rotatable bonds is 3. The molecule has 2 rings (SSSR count). The summed E-state index contributed by atoms with van der Waals surface area (Å²) in [6.45, 7) is 0.983. The van der Waals surface area contributed by atoms with E-state index >= 15 is 0 Å². The summed E-state index contributed by atoms with van der Waals surface area (Å²) in [7, 11) is 0. The molecular formula is C13H14ClFN2O3. The molecule has 108 valence electrons. The van der Waals surface area contributed by atoms with Crippen LogP contribution in [-0.4, -0.2) is 31.1 Å². The molecule has 0 aromatic heterocycles. The molecule has 2 amide bonds. The fourth-order valence-electron chi connectivity index (χ4n) is 1.85. The molecule has 1 atom stereocenters. The second-order valence-electron chi connectivity index (χ2n) is 4.43. The van der Waals surface area contributed by atoms with Gasteiger partial charge in [-0.15, -0.1) is 0 Å². The molecule has 1 aromatic carbocycles. The molecule has 0 unspecified atom stereocenters. The van der Waals surface area contributed by atoms with Gasteiger partial charge in [0.05, 0.1) is 11.1 Å². The number of hydrogen-bond donors (Lipinski definition) is 2. The van der Waals surface area contributed by atoms with Gasteiger partial charge in [-0.2, -0.15) is 0 Å². The topological polar surface area (TPSA) is 67.4 Å². The highest BCUT2D eigenvalue weighted by molar-refractivity contribution is 6.39. The smallest absolute Gasteiger partial charge is 0.313 e. The van der Waals surface area contributed by atoms with Crippen LogP contribution in [0.25, 0.3) is 0 Å². The zero-order chi connectivity index (χ0) is 14.5. The number of hydrogen-bond acceptors (Lipinski definition) is 3. The van der Waals surface area contributed by atoms with Crippen molar-refractivity contribution in [3.05, 3.63) is 29.0 Å². The summed E-state index contributed by atoms with van der Waals surface area (Å²) in [5.41, 5.74) is 0.258. The van der Waals surface area contributed by atoms with Crippen molar-refractivity contribution in [2.75, 3.05) is 18.5 Å². The van der Waals surface area contributed by atoms with Gasteiger partial charge in [-0.1, -0.05) is 11.6 Å². The van der Waals surface area contributed by atoms with E-state index in [4.69, 9.17) is 16.3 Å². The third-order valence-corrected chi connectivity index (χ3v) is 3.19. The molecule has 2 N–H and O–H groups in total. The van der Waals surface area contributed by atoms with Gasteiger partial charge in [-0.3, -0.25) is 9.59 Å². The first-order valence-electron chi connectivity index (χ1n) is 6.22. The highest BCUT2D eigenvalue weighted by Gasteiger charge is 2.19. The molecule has 1 aliphatic rings. The summed E-state index contributed by atoms with van der Waals surface area (Å²) in [6, 6.07) is 3.68. The van der Waals surface area contributed by atoms with Crippen molar-refractivity contribution in [3.8, 4) is 0 Å². The van der Waals surface area contributed by atoms with Crippen LogP contribution in [0.4, 0.5) is 10.1 Å². The van der Waals surface area contributed by atoms with Crippen molar-refractivity contribution < 1.29 is 18.7 Å². The molecule has 1 aromatic rings. The van der Waals surface area contributed by atoms with Crippen molar-refractivity contribution in [1.29, 1.82) is 0 Å². The number of anilines is 1. The molecule has 1 saturated heterocycles. The van der Waals surface area contributed by atoms with Crippen molar-refractivity contribution in [2.24, 2.45) is 0 Å². The summed E-state index contributed by atoms with van der Waals surface area (Å²) in [5.74, 6) is -2.18. The standard InChI is InChI=1S/C13H14ClFN2O3/c14-10-6-8(3-4-11(10)15)17-13(19)12(18)16-7-9-2-1-5-20-9/h3-4,6,9H,1-2,5,7H2,(H,16,18)(H,17,19)/t9-/m1/s1. The number of benzene rings is 1. The van der Waals surface area contributed by atoms with Crippen LogP contribution in [0.15, 0.2) is 18.2 Å². The number of halogens is 2. The lowest BCUT2D eigenvalue weighted by atomic mass is 10.2. The first-order chi connectivity index (χ1) is 9.56. The summed E-state index contributed by atoms with van der Waals surface area (Å²) in [4.78, 5) is 23.2. The van der Waals surface area contributed by atoms with E-state index in [1.807, 2.05) is 0 Å². The van der Waals surface area contributed by atoms with E-state index in [2.05, 4.69) is 10.6 Å². The normalized spacial score (nSPS) is 17.8. The molecule has 20 heavy (non-hydrogen) atoms. The number of carbonyl (C=O) groups is 2. The van der Waals surface area contributed by atoms with Gasteiger partial charge in [0.15, 0.2) is 0 Å². The lowest BCUT2D eigenvalue weighted by Crippen LogP contribution is -2.39. The quantitative estimate of drug-likeness (QED) is 0.835. The maximum absolute atomic E-state index is 13.0. The van der Waals surface area contributed by atoms with Gasteiger partial charge in [-0.05, 0) is 31.0 Å². The summed E-state index contributed by atoms with van der Waals surface area (Å²) in [5, 5.41) is 4.71. The summed E-state index contributed by atoms with van der Waals surface area (Å²) in [6.07, 6.45) is 1.79. The molecule has 1 fully saturated rings. The molecule has 0 radical (unpaired) electrons. The summed E-state index contributed by atoms with van der Waals surface area (Å²) >= 11 is 5.58. The lowest BCUT2D eigenvalue weighted by molar-refractivity contribution is -0.136. The maximum Gasteiger partial charge on any atom is 0.313 e. The van der Waals surface area contributed by atoms with Gasteiger partial charge in [0.25, 0.3) is 0 Å². The Hall–Kier alpha value is -1.66. The largest absolute Gasteiger partial charge is 0.376 e. The van der Waals surface area contributed by atoms with E-state index in [0.717, 1.165) is 18.9 Å². The molecule has 0 spiro atoms. The number of nitrogens with one attached hydrogen (secondary N) is 2. The molecule has 0 aliphatic carbocycles. The molecule has 1 heterocycles. The minimum absolute atomic E-state index is 0.0352. The zero-order valence-electron chi connectivity index (χ0n) is 10.6. The van der Waals surface area contributed by atoms with Gasteiger partial charge < -0.3 is 15.4 Å². The molecule has 5 nitrogen and oxygen atoms in total. The Labute approximate surface area is 120 Å². The minimum Gasteiger partial charge on any atom is -0.376 e. The third kappa shape index (κ3) is 3.91. The number of ether oxygens (including phenoxy) is 1. The molecule has 1 aliphatic heterocycles. The Kier molecular flexibility index (Phi) is 4.92. The average molecular weight is 301 g/mol. The Morgan fingerprint density at radius 1 is 1.40 bits per heavy atom. The Morgan fingerprint density at radius 3 is 2.85 bits per heavy atom. The van der Waals surface area contributed by atoms with E-state index in [1.165, 1.54) is 12.1 Å². The van der Waals surface area contributed by atoms with Crippen molar-refractivity contribution in [2.45, 2.75) is 18.9 Å². The predicted molar refractivity (Wildman–Crippen MR) is 72.0 cm³/mol. The number of amides is 2. The third-order valence-electron chi connectivity index (χ3n) is 2.90. The molecule has 0 saturated carbocycles. The van der Waals surface area contributed by atoms with Crippen LogP contribution >= 0.6 is 11.6 Å². The molecule has 7 heteroatoms. The number of carbonyl (C=O) groups excluding carboxylic acids is 2. The van der Waals surface area contributed by atoms with Crippen LogP contribution in [0.5, 0.6) is 0 Å². The predicted octanol–water partition coefficient (Wildman–Crippen LogP) is 1.71. The summed E-state index contributed by atoms with van der Waals surface area (Å²) < 4.78 is 18.3. The van der Waals surface area contributed by atoms with Crippen molar-refractivity contribution in [1.82, 2.24) is 5.32 Å². The van der Waals surface area contributed by atoms with Crippen molar-refractivity contribution >= 4 is 29.1 Å². The van der Waals surface area contributed by atoms with E-state index < -0.39 is 17.6 Å². The lowest BCUT2D eigenvalue weighted by Gasteiger charge is -2.10.